The number of nitrogens with two attached hydrogens (primary N) is 1. The molecule has 0 fully saturated rings. The van der Waals surface area contributed by atoms with Crippen molar-refractivity contribution in [3.05, 3.63) is 29.0 Å². The standard InChI is InChI=1S/C12H18ClFN2/c1-9(15)4-3-7-16(2)12-8-10(13)5-6-11(12)14/h5-6,8-9H,3-4,7,15H2,1-2H3. The average Bonchev–Trinajstić information content (AvgIpc) is 2.21. The molecule has 0 aromatic heterocycles. The Labute approximate surface area is 101 Å². The Hall–Kier alpha value is -0.800. The van der Waals surface area contributed by atoms with Crippen LogP contribution < -0.4 is 10.6 Å². The highest BCUT2D eigenvalue weighted by Crippen LogP contribution is 2.22. The van der Waals surface area contributed by atoms with E-state index < -0.39 is 0 Å². The summed E-state index contributed by atoms with van der Waals surface area (Å²) in [7, 11) is 1.86. The molecular weight excluding hydrogens is 227 g/mol. The first-order chi connectivity index (χ1) is 7.50. The largest absolute Gasteiger partial charge is 0.372 e. The molecule has 0 amide bonds. The maximum absolute atomic E-state index is 13.5. The Morgan fingerprint density at radius 1 is 1.50 bits per heavy atom. The van der Waals surface area contributed by atoms with Gasteiger partial charge in [0, 0.05) is 24.7 Å². The molecule has 16 heavy (non-hydrogen) atoms. The second-order valence-corrected chi connectivity index (χ2v) is 4.57. The summed E-state index contributed by atoms with van der Waals surface area (Å²) < 4.78 is 13.5. The van der Waals surface area contributed by atoms with Crippen molar-refractivity contribution in [2.75, 3.05) is 18.5 Å². The molecule has 1 rings (SSSR count). The third-order valence-corrected chi connectivity index (χ3v) is 2.71. The predicted molar refractivity (Wildman–Crippen MR) is 67.6 cm³/mol. The van der Waals surface area contributed by atoms with Crippen LogP contribution in [-0.4, -0.2) is 19.6 Å². The molecule has 2 N–H and O–H groups in total. The fourth-order valence-corrected chi connectivity index (χ4v) is 1.72. The van der Waals surface area contributed by atoms with E-state index in [1.54, 1.807) is 12.1 Å². The summed E-state index contributed by atoms with van der Waals surface area (Å²) in [6.45, 7) is 2.75. The zero-order chi connectivity index (χ0) is 12.1. The van der Waals surface area contributed by atoms with Crippen molar-refractivity contribution >= 4 is 17.3 Å². The van der Waals surface area contributed by atoms with E-state index in [1.165, 1.54) is 6.07 Å². The van der Waals surface area contributed by atoms with Crippen LogP contribution >= 0.6 is 11.6 Å². The lowest BCUT2D eigenvalue weighted by molar-refractivity contribution is 0.602. The third kappa shape index (κ3) is 3.99. The van der Waals surface area contributed by atoms with E-state index >= 15 is 0 Å². The lowest BCUT2D eigenvalue weighted by Crippen LogP contribution is -2.22. The topological polar surface area (TPSA) is 29.3 Å². The van der Waals surface area contributed by atoms with Gasteiger partial charge >= 0.3 is 0 Å². The summed E-state index contributed by atoms with van der Waals surface area (Å²) in [6.07, 6.45) is 1.88. The maximum Gasteiger partial charge on any atom is 0.146 e. The van der Waals surface area contributed by atoms with Crippen molar-refractivity contribution in [2.45, 2.75) is 25.8 Å². The molecule has 0 radical (unpaired) electrons. The molecule has 2 nitrogen and oxygen atoms in total. The van der Waals surface area contributed by atoms with Gasteiger partial charge < -0.3 is 10.6 Å². The number of hydrogen-bond acceptors (Lipinski definition) is 2. The summed E-state index contributed by atoms with van der Waals surface area (Å²) in [4.78, 5) is 1.86. The van der Waals surface area contributed by atoms with E-state index in [2.05, 4.69) is 0 Å². The van der Waals surface area contributed by atoms with Gasteiger partial charge in [0.25, 0.3) is 0 Å². The molecule has 0 aliphatic carbocycles. The van der Waals surface area contributed by atoms with E-state index in [9.17, 15) is 4.39 Å². The van der Waals surface area contributed by atoms with Gasteiger partial charge in [0.05, 0.1) is 5.69 Å². The smallest absolute Gasteiger partial charge is 0.146 e. The molecule has 1 unspecified atom stereocenters. The van der Waals surface area contributed by atoms with Gasteiger partial charge in [0.1, 0.15) is 5.82 Å². The van der Waals surface area contributed by atoms with Gasteiger partial charge in [0.2, 0.25) is 0 Å². The van der Waals surface area contributed by atoms with E-state index in [1.807, 2.05) is 18.9 Å². The Bertz CT molecular complexity index is 342. The summed E-state index contributed by atoms with van der Waals surface area (Å²) in [5.41, 5.74) is 6.20. The maximum atomic E-state index is 13.5. The van der Waals surface area contributed by atoms with Crippen LogP contribution in [0.4, 0.5) is 10.1 Å². The van der Waals surface area contributed by atoms with Crippen LogP contribution in [0.25, 0.3) is 0 Å². The van der Waals surface area contributed by atoms with Crippen LogP contribution in [0.3, 0.4) is 0 Å². The van der Waals surface area contributed by atoms with Gasteiger partial charge in [0.15, 0.2) is 0 Å². The Morgan fingerprint density at radius 2 is 2.19 bits per heavy atom. The molecule has 1 aromatic rings. The fourth-order valence-electron chi connectivity index (χ4n) is 1.55. The van der Waals surface area contributed by atoms with Crippen LogP contribution in [0.1, 0.15) is 19.8 Å². The van der Waals surface area contributed by atoms with E-state index in [0.29, 0.717) is 10.7 Å². The molecule has 90 valence electrons. The summed E-state index contributed by atoms with van der Waals surface area (Å²) in [5, 5.41) is 0.551. The highest BCUT2D eigenvalue weighted by Gasteiger charge is 2.08. The van der Waals surface area contributed by atoms with Crippen molar-refractivity contribution in [1.29, 1.82) is 0 Å². The monoisotopic (exact) mass is 244 g/mol. The Morgan fingerprint density at radius 3 is 2.81 bits per heavy atom. The average molecular weight is 245 g/mol. The summed E-state index contributed by atoms with van der Waals surface area (Å²) in [5.74, 6) is -0.243. The number of nitrogens with zero attached hydrogens (tertiary/aromatic N) is 1. The molecule has 0 bridgehead atoms. The number of benzene rings is 1. The van der Waals surface area contributed by atoms with Crippen LogP contribution in [0, 0.1) is 5.82 Å². The normalized spacial score (nSPS) is 12.6. The van der Waals surface area contributed by atoms with Crippen LogP contribution in [0.2, 0.25) is 5.02 Å². The van der Waals surface area contributed by atoms with Gasteiger partial charge in [-0.3, -0.25) is 0 Å². The SMILES string of the molecule is CC(N)CCCN(C)c1cc(Cl)ccc1F. The highest BCUT2D eigenvalue weighted by molar-refractivity contribution is 6.30. The quantitative estimate of drug-likeness (QED) is 0.863. The highest BCUT2D eigenvalue weighted by atomic mass is 35.5. The molecule has 0 saturated carbocycles. The molecule has 0 heterocycles. The van der Waals surface area contributed by atoms with Gasteiger partial charge in [-0.1, -0.05) is 11.6 Å². The molecule has 0 aliphatic heterocycles. The summed E-state index contributed by atoms with van der Waals surface area (Å²) >= 11 is 5.83. The van der Waals surface area contributed by atoms with E-state index in [4.69, 9.17) is 17.3 Å². The molecule has 1 aromatic carbocycles. The lowest BCUT2D eigenvalue weighted by atomic mass is 10.2. The van der Waals surface area contributed by atoms with Crippen molar-refractivity contribution in [3.63, 3.8) is 0 Å². The first-order valence-electron chi connectivity index (χ1n) is 5.42. The number of rotatable bonds is 5. The van der Waals surface area contributed by atoms with Crippen molar-refractivity contribution in [1.82, 2.24) is 0 Å². The number of anilines is 1. The third-order valence-electron chi connectivity index (χ3n) is 2.47. The first kappa shape index (κ1) is 13.3. The Balaban J connectivity index is 2.58. The lowest BCUT2D eigenvalue weighted by Gasteiger charge is -2.20. The Kier molecular flexibility index (Phi) is 5.03. The second kappa shape index (κ2) is 6.06. The second-order valence-electron chi connectivity index (χ2n) is 4.14. The van der Waals surface area contributed by atoms with Crippen molar-refractivity contribution in [3.8, 4) is 0 Å². The van der Waals surface area contributed by atoms with Crippen LogP contribution in [0.5, 0.6) is 0 Å². The predicted octanol–water partition coefficient (Wildman–Crippen LogP) is 3.04. The number of hydrogen-bond donors (Lipinski definition) is 1. The van der Waals surface area contributed by atoms with Gasteiger partial charge in [-0.25, -0.2) is 4.39 Å². The zero-order valence-electron chi connectivity index (χ0n) is 9.71. The van der Waals surface area contributed by atoms with Gasteiger partial charge in [-0.15, -0.1) is 0 Å². The zero-order valence-corrected chi connectivity index (χ0v) is 10.5. The minimum Gasteiger partial charge on any atom is -0.372 e. The molecule has 0 saturated heterocycles. The molecule has 0 spiro atoms. The van der Waals surface area contributed by atoms with Gasteiger partial charge in [-0.05, 0) is 38.0 Å². The minimum atomic E-state index is -0.243. The fraction of sp³-hybridized carbons (Fsp3) is 0.500. The molecular formula is C12H18ClFN2. The molecule has 4 heteroatoms. The van der Waals surface area contributed by atoms with Gasteiger partial charge in [-0.2, -0.15) is 0 Å². The van der Waals surface area contributed by atoms with E-state index in [0.717, 1.165) is 19.4 Å². The van der Waals surface area contributed by atoms with Crippen LogP contribution in [0.15, 0.2) is 18.2 Å². The molecule has 1 atom stereocenters. The molecule has 0 aliphatic rings. The first-order valence-corrected chi connectivity index (χ1v) is 5.80. The van der Waals surface area contributed by atoms with Crippen molar-refractivity contribution in [2.24, 2.45) is 5.73 Å². The summed E-state index contributed by atoms with van der Waals surface area (Å²) in [6, 6.07) is 4.77. The minimum absolute atomic E-state index is 0.192. The van der Waals surface area contributed by atoms with Crippen LogP contribution in [-0.2, 0) is 0 Å². The number of halogens is 2. The van der Waals surface area contributed by atoms with E-state index in [-0.39, 0.29) is 11.9 Å². The van der Waals surface area contributed by atoms with Crippen molar-refractivity contribution < 1.29 is 4.39 Å².